The molecular weight excluding hydrogens is 280 g/mol. The number of nitrogens with two attached hydrogens (primary N) is 1. The van der Waals surface area contributed by atoms with Crippen LogP contribution in [0.3, 0.4) is 0 Å². The molecule has 1 heterocycles. The summed E-state index contributed by atoms with van der Waals surface area (Å²) < 4.78 is 0. The molecule has 6 nitrogen and oxygen atoms in total. The van der Waals surface area contributed by atoms with Gasteiger partial charge in [0.2, 0.25) is 5.91 Å². The predicted molar refractivity (Wildman–Crippen MR) is 86.4 cm³/mol. The van der Waals surface area contributed by atoms with E-state index in [0.717, 1.165) is 19.3 Å². The Morgan fingerprint density at radius 2 is 2.00 bits per heavy atom. The van der Waals surface area contributed by atoms with Gasteiger partial charge in [0.15, 0.2) is 0 Å². The highest BCUT2D eigenvalue weighted by molar-refractivity contribution is 5.78. The Hall–Kier alpha value is -1.30. The van der Waals surface area contributed by atoms with E-state index in [0.29, 0.717) is 32.6 Å². The lowest BCUT2D eigenvalue weighted by molar-refractivity contribution is -0.124. The second kappa shape index (κ2) is 7.81. The zero-order valence-electron chi connectivity index (χ0n) is 13.7. The third-order valence-electron chi connectivity index (χ3n) is 5.05. The third-order valence-corrected chi connectivity index (χ3v) is 5.05. The summed E-state index contributed by atoms with van der Waals surface area (Å²) >= 11 is 0. The topological polar surface area (TPSA) is 87.5 Å². The summed E-state index contributed by atoms with van der Waals surface area (Å²) in [5, 5.41) is 5.90. The molecule has 0 aromatic heterocycles. The van der Waals surface area contributed by atoms with Crippen LogP contribution in [0.4, 0.5) is 4.79 Å². The standard InChI is InChI=1S/C16H30N4O2/c1-2-18-15(22)20-9-6-13(11-20)19-14(21)10-16(12-17)7-4-3-5-8-16/h13H,2-12,17H2,1H3,(H,18,22)(H,19,21). The Kier molecular flexibility index (Phi) is 6.06. The van der Waals surface area contributed by atoms with Crippen molar-refractivity contribution in [3.8, 4) is 0 Å². The van der Waals surface area contributed by atoms with E-state index in [1.165, 1.54) is 19.3 Å². The first-order chi connectivity index (χ1) is 10.6. The Morgan fingerprint density at radius 3 is 2.64 bits per heavy atom. The fourth-order valence-corrected chi connectivity index (χ4v) is 3.70. The van der Waals surface area contributed by atoms with Gasteiger partial charge in [-0.1, -0.05) is 19.3 Å². The highest BCUT2D eigenvalue weighted by atomic mass is 16.2. The van der Waals surface area contributed by atoms with Gasteiger partial charge in [-0.25, -0.2) is 4.79 Å². The number of nitrogens with one attached hydrogen (secondary N) is 2. The van der Waals surface area contributed by atoms with Crippen molar-refractivity contribution in [2.24, 2.45) is 11.1 Å². The van der Waals surface area contributed by atoms with Crippen LogP contribution in [0, 0.1) is 5.41 Å². The third kappa shape index (κ3) is 4.35. The van der Waals surface area contributed by atoms with Gasteiger partial charge in [0, 0.05) is 32.1 Å². The minimum absolute atomic E-state index is 0.000209. The predicted octanol–water partition coefficient (Wildman–Crippen LogP) is 1.21. The summed E-state index contributed by atoms with van der Waals surface area (Å²) in [6, 6.07) is 0.0403. The zero-order valence-corrected chi connectivity index (χ0v) is 13.7. The van der Waals surface area contributed by atoms with Gasteiger partial charge in [-0.2, -0.15) is 0 Å². The van der Waals surface area contributed by atoms with Crippen molar-refractivity contribution in [1.29, 1.82) is 0 Å². The fourth-order valence-electron chi connectivity index (χ4n) is 3.70. The lowest BCUT2D eigenvalue weighted by Gasteiger charge is -2.36. The summed E-state index contributed by atoms with van der Waals surface area (Å²) in [7, 11) is 0. The lowest BCUT2D eigenvalue weighted by Crippen LogP contribution is -2.44. The molecule has 3 amide bonds. The van der Waals surface area contributed by atoms with Crippen LogP contribution in [0.25, 0.3) is 0 Å². The van der Waals surface area contributed by atoms with Crippen LogP contribution in [0.1, 0.15) is 51.9 Å². The van der Waals surface area contributed by atoms with Crippen LogP contribution < -0.4 is 16.4 Å². The van der Waals surface area contributed by atoms with E-state index in [1.807, 2.05) is 6.92 Å². The van der Waals surface area contributed by atoms with Crippen LogP contribution in [0.15, 0.2) is 0 Å². The molecule has 22 heavy (non-hydrogen) atoms. The van der Waals surface area contributed by atoms with Crippen LogP contribution in [0.2, 0.25) is 0 Å². The molecule has 0 spiro atoms. The highest BCUT2D eigenvalue weighted by Crippen LogP contribution is 2.38. The molecule has 4 N–H and O–H groups in total. The molecule has 2 aliphatic rings. The van der Waals surface area contributed by atoms with E-state index in [1.54, 1.807) is 4.90 Å². The molecule has 1 aliphatic heterocycles. The summed E-state index contributed by atoms with van der Waals surface area (Å²) in [5.41, 5.74) is 5.95. The largest absolute Gasteiger partial charge is 0.352 e. The van der Waals surface area contributed by atoms with E-state index in [2.05, 4.69) is 10.6 Å². The molecule has 1 atom stereocenters. The number of hydrogen-bond acceptors (Lipinski definition) is 3. The van der Waals surface area contributed by atoms with Crippen LogP contribution in [-0.2, 0) is 4.79 Å². The van der Waals surface area contributed by atoms with Gasteiger partial charge >= 0.3 is 6.03 Å². The van der Waals surface area contributed by atoms with Gasteiger partial charge in [0.05, 0.1) is 0 Å². The maximum Gasteiger partial charge on any atom is 0.317 e. The fraction of sp³-hybridized carbons (Fsp3) is 0.875. The second-order valence-electron chi connectivity index (χ2n) is 6.78. The van der Waals surface area contributed by atoms with Crippen LogP contribution >= 0.6 is 0 Å². The molecule has 0 bridgehead atoms. The molecule has 2 fully saturated rings. The van der Waals surface area contributed by atoms with Crippen molar-refractivity contribution in [2.45, 2.75) is 57.9 Å². The Bertz CT molecular complexity index is 394. The number of hydrogen-bond donors (Lipinski definition) is 3. The first kappa shape index (κ1) is 17.1. The molecule has 0 aromatic rings. The van der Waals surface area contributed by atoms with Gasteiger partial charge in [-0.15, -0.1) is 0 Å². The summed E-state index contributed by atoms with van der Waals surface area (Å²) in [4.78, 5) is 25.9. The molecule has 0 aromatic carbocycles. The molecular formula is C16H30N4O2. The summed E-state index contributed by atoms with van der Waals surface area (Å²) in [6.07, 6.45) is 7.10. The molecule has 1 unspecified atom stereocenters. The van der Waals surface area contributed by atoms with E-state index in [-0.39, 0.29) is 23.4 Å². The van der Waals surface area contributed by atoms with Gasteiger partial charge in [0.25, 0.3) is 0 Å². The number of nitrogens with zero attached hydrogens (tertiary/aromatic N) is 1. The second-order valence-corrected chi connectivity index (χ2v) is 6.78. The normalized spacial score (nSPS) is 24.1. The average molecular weight is 310 g/mol. The molecule has 126 valence electrons. The quantitative estimate of drug-likeness (QED) is 0.713. The summed E-state index contributed by atoms with van der Waals surface area (Å²) in [6.45, 7) is 4.44. The zero-order chi connectivity index (χ0) is 16.0. The average Bonchev–Trinajstić information content (AvgIpc) is 2.97. The van der Waals surface area contributed by atoms with Gasteiger partial charge < -0.3 is 21.3 Å². The number of likely N-dealkylation sites (tertiary alicyclic amines) is 1. The smallest absolute Gasteiger partial charge is 0.317 e. The lowest BCUT2D eigenvalue weighted by atomic mass is 9.71. The first-order valence-electron chi connectivity index (χ1n) is 8.61. The van der Waals surface area contributed by atoms with Crippen molar-refractivity contribution in [1.82, 2.24) is 15.5 Å². The molecule has 0 radical (unpaired) electrons. The number of amides is 3. The summed E-state index contributed by atoms with van der Waals surface area (Å²) in [5.74, 6) is 0.0927. The Balaban J connectivity index is 1.79. The van der Waals surface area contributed by atoms with Crippen molar-refractivity contribution < 1.29 is 9.59 Å². The van der Waals surface area contributed by atoms with E-state index >= 15 is 0 Å². The number of urea groups is 1. The molecule has 6 heteroatoms. The van der Waals surface area contributed by atoms with Crippen molar-refractivity contribution in [3.05, 3.63) is 0 Å². The number of carbonyl (C=O) groups excluding carboxylic acids is 2. The van der Waals surface area contributed by atoms with Crippen LogP contribution in [0.5, 0.6) is 0 Å². The van der Waals surface area contributed by atoms with E-state index < -0.39 is 0 Å². The molecule has 2 rings (SSSR count). The Morgan fingerprint density at radius 1 is 1.27 bits per heavy atom. The molecule has 1 aliphatic carbocycles. The van der Waals surface area contributed by atoms with Crippen LogP contribution in [-0.4, -0.2) is 49.1 Å². The minimum Gasteiger partial charge on any atom is -0.352 e. The maximum atomic E-state index is 12.3. The van der Waals surface area contributed by atoms with Crippen molar-refractivity contribution in [2.75, 3.05) is 26.2 Å². The first-order valence-corrected chi connectivity index (χ1v) is 8.61. The van der Waals surface area contributed by atoms with Gasteiger partial charge in [-0.05, 0) is 38.1 Å². The van der Waals surface area contributed by atoms with E-state index in [9.17, 15) is 9.59 Å². The van der Waals surface area contributed by atoms with Gasteiger partial charge in [0.1, 0.15) is 0 Å². The van der Waals surface area contributed by atoms with Crippen molar-refractivity contribution in [3.63, 3.8) is 0 Å². The minimum atomic E-state index is -0.0371. The van der Waals surface area contributed by atoms with Crippen molar-refractivity contribution >= 4 is 11.9 Å². The maximum absolute atomic E-state index is 12.3. The Labute approximate surface area is 133 Å². The SMILES string of the molecule is CCNC(=O)N1CCC(NC(=O)CC2(CN)CCCCC2)C1. The van der Waals surface area contributed by atoms with Gasteiger partial charge in [-0.3, -0.25) is 4.79 Å². The van der Waals surface area contributed by atoms with E-state index in [4.69, 9.17) is 5.73 Å². The molecule has 1 saturated carbocycles. The number of carbonyl (C=O) groups is 2. The molecule has 1 saturated heterocycles. The highest BCUT2D eigenvalue weighted by Gasteiger charge is 2.34. The number of rotatable bonds is 5. The monoisotopic (exact) mass is 310 g/mol.